The molecule has 1 atom stereocenters. The molecule has 0 bridgehead atoms. The molecule has 0 N–H and O–H groups in total. The molecule has 1 unspecified atom stereocenters. The monoisotopic (exact) mass is 336 g/mol. The molecule has 1 fully saturated rings. The normalized spacial score (nSPS) is 16.7. The summed E-state index contributed by atoms with van der Waals surface area (Å²) in [5.74, 6) is 0. The molecule has 0 aromatic heterocycles. The number of benzene rings is 2. The molecule has 25 heavy (non-hydrogen) atoms. The van der Waals surface area contributed by atoms with Crippen LogP contribution in [0.25, 0.3) is 0 Å². The van der Waals surface area contributed by atoms with Crippen LogP contribution in [0.3, 0.4) is 0 Å². The molecule has 0 amide bonds. The van der Waals surface area contributed by atoms with E-state index in [9.17, 15) is 4.79 Å². The molecule has 2 aromatic rings. The van der Waals surface area contributed by atoms with Gasteiger partial charge in [-0.25, -0.2) is 0 Å². The fourth-order valence-corrected chi connectivity index (χ4v) is 3.59. The zero-order chi connectivity index (χ0) is 18.0. The number of carbonyl (C=O) groups is 1. The van der Waals surface area contributed by atoms with Crippen molar-refractivity contribution in [3.05, 3.63) is 64.2 Å². The predicted molar refractivity (Wildman–Crippen MR) is 105 cm³/mol. The van der Waals surface area contributed by atoms with Crippen molar-refractivity contribution in [3.63, 3.8) is 0 Å². The third kappa shape index (κ3) is 3.77. The lowest BCUT2D eigenvalue weighted by atomic mass is 10.0. The number of hydrogen-bond acceptors (Lipinski definition) is 3. The molecule has 1 saturated heterocycles. The first-order chi connectivity index (χ1) is 12.0. The Hall–Kier alpha value is -2.13. The van der Waals surface area contributed by atoms with Crippen LogP contribution in [-0.4, -0.2) is 37.4 Å². The van der Waals surface area contributed by atoms with Crippen LogP contribution < -0.4 is 4.90 Å². The Balaban J connectivity index is 1.65. The second-order valence-electron chi connectivity index (χ2n) is 7.20. The van der Waals surface area contributed by atoms with Crippen LogP contribution in [0.1, 0.15) is 45.6 Å². The summed E-state index contributed by atoms with van der Waals surface area (Å²) in [5, 5.41) is 0. The van der Waals surface area contributed by atoms with Crippen LogP contribution >= 0.6 is 0 Å². The number of aldehydes is 1. The van der Waals surface area contributed by atoms with E-state index < -0.39 is 0 Å². The first-order valence-corrected chi connectivity index (χ1v) is 9.11. The Bertz CT molecular complexity index is 761. The van der Waals surface area contributed by atoms with Gasteiger partial charge in [0.1, 0.15) is 6.29 Å². The van der Waals surface area contributed by atoms with Crippen LogP contribution in [0.4, 0.5) is 5.69 Å². The van der Waals surface area contributed by atoms with Gasteiger partial charge in [-0.15, -0.1) is 0 Å². The maximum Gasteiger partial charge on any atom is 0.150 e. The first-order valence-electron chi connectivity index (χ1n) is 9.11. The highest BCUT2D eigenvalue weighted by atomic mass is 16.1. The van der Waals surface area contributed by atoms with Gasteiger partial charge in [-0.3, -0.25) is 9.69 Å². The SMILES string of the molecule is Cc1ccc(C(C)N2CCN(c3ccc(C=O)c(C)c3)CC2)cc1C. The second-order valence-corrected chi connectivity index (χ2v) is 7.20. The lowest BCUT2D eigenvalue weighted by Crippen LogP contribution is -2.47. The second kappa shape index (κ2) is 7.40. The highest BCUT2D eigenvalue weighted by molar-refractivity contribution is 5.78. The highest BCUT2D eigenvalue weighted by Gasteiger charge is 2.22. The zero-order valence-electron chi connectivity index (χ0n) is 15.7. The minimum atomic E-state index is 0.445. The standard InChI is InChI=1S/C22H28N2O/c1-16-5-6-20(13-17(16)2)19(4)23-9-11-24(12-10-23)22-8-7-21(15-25)18(3)14-22/h5-8,13-15,19H,9-12H2,1-4H3. The Morgan fingerprint density at radius 3 is 2.20 bits per heavy atom. The van der Waals surface area contributed by atoms with Crippen molar-refractivity contribution in [1.82, 2.24) is 4.90 Å². The molecule has 1 heterocycles. The highest BCUT2D eigenvalue weighted by Crippen LogP contribution is 2.26. The van der Waals surface area contributed by atoms with E-state index in [1.807, 2.05) is 13.0 Å². The van der Waals surface area contributed by atoms with Gasteiger partial charge >= 0.3 is 0 Å². The van der Waals surface area contributed by atoms with Crippen LogP contribution in [0, 0.1) is 20.8 Å². The van der Waals surface area contributed by atoms with Crippen LogP contribution in [-0.2, 0) is 0 Å². The van der Waals surface area contributed by atoms with Gasteiger partial charge in [-0.2, -0.15) is 0 Å². The molecular weight excluding hydrogens is 308 g/mol. The van der Waals surface area contributed by atoms with Crippen molar-refractivity contribution in [1.29, 1.82) is 0 Å². The summed E-state index contributed by atoms with van der Waals surface area (Å²) in [4.78, 5) is 16.0. The topological polar surface area (TPSA) is 23.6 Å². The maximum atomic E-state index is 11.0. The largest absolute Gasteiger partial charge is 0.369 e. The van der Waals surface area contributed by atoms with E-state index in [1.165, 1.54) is 22.4 Å². The van der Waals surface area contributed by atoms with Crippen LogP contribution in [0.2, 0.25) is 0 Å². The molecule has 1 aliphatic rings. The number of nitrogens with zero attached hydrogens (tertiary/aromatic N) is 2. The van der Waals surface area contributed by atoms with Crippen molar-refractivity contribution >= 4 is 12.0 Å². The third-order valence-electron chi connectivity index (χ3n) is 5.62. The third-order valence-corrected chi connectivity index (χ3v) is 5.62. The number of rotatable bonds is 4. The number of anilines is 1. The first kappa shape index (κ1) is 17.7. The summed E-state index contributed by atoms with van der Waals surface area (Å²) in [6.07, 6.45) is 0.933. The minimum Gasteiger partial charge on any atom is -0.369 e. The molecule has 3 rings (SSSR count). The van der Waals surface area contributed by atoms with E-state index in [2.05, 4.69) is 60.9 Å². The van der Waals surface area contributed by atoms with Crippen LogP contribution in [0.5, 0.6) is 0 Å². The number of piperazine rings is 1. The van der Waals surface area contributed by atoms with Gasteiger partial charge < -0.3 is 4.90 Å². The van der Waals surface area contributed by atoms with Gasteiger partial charge in [-0.1, -0.05) is 18.2 Å². The molecule has 3 nitrogen and oxygen atoms in total. The van der Waals surface area contributed by atoms with Gasteiger partial charge in [-0.05, 0) is 68.1 Å². The Kier molecular flexibility index (Phi) is 5.24. The molecular formula is C22H28N2O. The zero-order valence-corrected chi connectivity index (χ0v) is 15.7. The van der Waals surface area contributed by atoms with E-state index in [-0.39, 0.29) is 0 Å². The van der Waals surface area contributed by atoms with E-state index in [0.717, 1.165) is 43.6 Å². The maximum absolute atomic E-state index is 11.0. The lowest BCUT2D eigenvalue weighted by Gasteiger charge is -2.39. The van der Waals surface area contributed by atoms with Crippen molar-refractivity contribution in [2.24, 2.45) is 0 Å². The van der Waals surface area contributed by atoms with Gasteiger partial charge in [0.15, 0.2) is 0 Å². The molecule has 0 aliphatic carbocycles. The predicted octanol–water partition coefficient (Wildman–Crippen LogP) is 4.31. The van der Waals surface area contributed by atoms with E-state index in [4.69, 9.17) is 0 Å². The number of carbonyl (C=O) groups excluding carboxylic acids is 1. The molecule has 2 aromatic carbocycles. The average Bonchev–Trinajstić information content (AvgIpc) is 2.63. The molecule has 1 aliphatic heterocycles. The number of aryl methyl sites for hydroxylation is 3. The van der Waals surface area contributed by atoms with Crippen molar-refractivity contribution < 1.29 is 4.79 Å². The van der Waals surface area contributed by atoms with E-state index in [1.54, 1.807) is 0 Å². The van der Waals surface area contributed by atoms with Crippen molar-refractivity contribution in [2.45, 2.75) is 33.7 Å². The lowest BCUT2D eigenvalue weighted by molar-refractivity contribution is 0.112. The summed E-state index contributed by atoms with van der Waals surface area (Å²) in [7, 11) is 0. The average molecular weight is 336 g/mol. The van der Waals surface area contributed by atoms with Gasteiger partial charge in [0, 0.05) is 43.5 Å². The summed E-state index contributed by atoms with van der Waals surface area (Å²) in [5.41, 5.74) is 7.19. The van der Waals surface area contributed by atoms with Gasteiger partial charge in [0.25, 0.3) is 0 Å². The van der Waals surface area contributed by atoms with Crippen LogP contribution in [0.15, 0.2) is 36.4 Å². The Morgan fingerprint density at radius 2 is 1.60 bits per heavy atom. The molecule has 3 heteroatoms. The van der Waals surface area contributed by atoms with Crippen molar-refractivity contribution in [3.8, 4) is 0 Å². The molecule has 132 valence electrons. The summed E-state index contributed by atoms with van der Waals surface area (Å²) in [6, 6.07) is 13.4. The Labute approximate surface area is 151 Å². The summed E-state index contributed by atoms with van der Waals surface area (Å²) >= 11 is 0. The summed E-state index contributed by atoms with van der Waals surface area (Å²) in [6.45, 7) is 12.8. The molecule has 0 radical (unpaired) electrons. The van der Waals surface area contributed by atoms with E-state index >= 15 is 0 Å². The van der Waals surface area contributed by atoms with Crippen molar-refractivity contribution in [2.75, 3.05) is 31.1 Å². The quantitative estimate of drug-likeness (QED) is 0.778. The van der Waals surface area contributed by atoms with E-state index in [0.29, 0.717) is 6.04 Å². The van der Waals surface area contributed by atoms with Gasteiger partial charge in [0.2, 0.25) is 0 Å². The Morgan fingerprint density at radius 1 is 0.880 bits per heavy atom. The van der Waals surface area contributed by atoms with Gasteiger partial charge in [0.05, 0.1) is 0 Å². The number of hydrogen-bond donors (Lipinski definition) is 0. The molecule has 0 saturated carbocycles. The minimum absolute atomic E-state index is 0.445. The molecule has 0 spiro atoms. The fourth-order valence-electron chi connectivity index (χ4n) is 3.59. The smallest absolute Gasteiger partial charge is 0.150 e. The fraction of sp³-hybridized carbons (Fsp3) is 0.409. The summed E-state index contributed by atoms with van der Waals surface area (Å²) < 4.78 is 0.